The van der Waals surface area contributed by atoms with Crippen molar-refractivity contribution in [3.8, 4) is 11.5 Å². The maximum atomic E-state index is 8.70. The Kier molecular flexibility index (Phi) is 2.62. The molecule has 0 amide bonds. The van der Waals surface area contributed by atoms with E-state index in [2.05, 4.69) is 21.4 Å². The van der Waals surface area contributed by atoms with Gasteiger partial charge >= 0.3 is 0 Å². The van der Waals surface area contributed by atoms with Gasteiger partial charge in [-0.3, -0.25) is 0 Å². The standard InChI is InChI=1S/C9H10BrNO3/c1-5-6(3-11-12)9-8(2-7(5)10)13-4-14-9/h2,11-12H,3-4H2,1H3. The molecular weight excluding hydrogens is 250 g/mol. The molecule has 14 heavy (non-hydrogen) atoms. The van der Waals surface area contributed by atoms with E-state index in [1.54, 1.807) is 0 Å². The van der Waals surface area contributed by atoms with Gasteiger partial charge in [-0.2, -0.15) is 0 Å². The van der Waals surface area contributed by atoms with Crippen LogP contribution in [-0.2, 0) is 6.54 Å². The summed E-state index contributed by atoms with van der Waals surface area (Å²) in [6, 6.07) is 1.87. The van der Waals surface area contributed by atoms with E-state index in [-0.39, 0.29) is 6.79 Å². The number of rotatable bonds is 2. The molecule has 0 radical (unpaired) electrons. The predicted molar refractivity (Wildman–Crippen MR) is 53.6 cm³/mol. The summed E-state index contributed by atoms with van der Waals surface area (Å²) in [6.07, 6.45) is 0. The molecule has 4 nitrogen and oxygen atoms in total. The second-order valence-electron chi connectivity index (χ2n) is 3.03. The van der Waals surface area contributed by atoms with Gasteiger partial charge in [-0.05, 0) is 18.6 Å². The van der Waals surface area contributed by atoms with Gasteiger partial charge in [0.15, 0.2) is 11.5 Å². The second-order valence-corrected chi connectivity index (χ2v) is 3.88. The van der Waals surface area contributed by atoms with Crippen LogP contribution in [0.15, 0.2) is 10.5 Å². The lowest BCUT2D eigenvalue weighted by molar-refractivity contribution is 0.155. The molecule has 1 heterocycles. The summed E-state index contributed by atoms with van der Waals surface area (Å²) >= 11 is 3.42. The lowest BCUT2D eigenvalue weighted by atomic mass is 10.1. The zero-order chi connectivity index (χ0) is 10.1. The van der Waals surface area contributed by atoms with Gasteiger partial charge in [0.05, 0.1) is 0 Å². The van der Waals surface area contributed by atoms with Crippen molar-refractivity contribution in [1.29, 1.82) is 0 Å². The minimum atomic E-state index is 0.240. The summed E-state index contributed by atoms with van der Waals surface area (Å²) in [6.45, 7) is 2.54. The average Bonchev–Trinajstić information content (AvgIpc) is 2.60. The molecule has 1 aliphatic rings. The third-order valence-electron chi connectivity index (χ3n) is 2.24. The number of fused-ring (bicyclic) bond motifs is 1. The van der Waals surface area contributed by atoms with Crippen LogP contribution in [0.5, 0.6) is 11.5 Å². The fraction of sp³-hybridized carbons (Fsp3) is 0.333. The Bertz CT molecular complexity index is 368. The number of hydrogen-bond donors (Lipinski definition) is 2. The van der Waals surface area contributed by atoms with Crippen LogP contribution in [-0.4, -0.2) is 12.0 Å². The molecule has 5 heteroatoms. The minimum absolute atomic E-state index is 0.240. The lowest BCUT2D eigenvalue weighted by Crippen LogP contribution is -2.08. The van der Waals surface area contributed by atoms with Gasteiger partial charge in [-0.1, -0.05) is 15.9 Å². The van der Waals surface area contributed by atoms with Crippen LogP contribution in [0, 0.1) is 6.92 Å². The topological polar surface area (TPSA) is 50.7 Å². The normalized spacial score (nSPS) is 13.4. The highest BCUT2D eigenvalue weighted by molar-refractivity contribution is 9.10. The van der Waals surface area contributed by atoms with Crippen molar-refractivity contribution in [1.82, 2.24) is 5.48 Å². The summed E-state index contributed by atoms with van der Waals surface area (Å²) in [7, 11) is 0. The first-order valence-corrected chi connectivity index (χ1v) is 4.98. The molecule has 0 spiro atoms. The van der Waals surface area contributed by atoms with Crippen LogP contribution in [0.1, 0.15) is 11.1 Å². The molecule has 2 N–H and O–H groups in total. The van der Waals surface area contributed by atoms with E-state index in [4.69, 9.17) is 14.7 Å². The van der Waals surface area contributed by atoms with E-state index in [0.29, 0.717) is 18.0 Å². The van der Waals surface area contributed by atoms with Gasteiger partial charge < -0.3 is 14.7 Å². The molecule has 1 aliphatic heterocycles. The fourth-order valence-corrected chi connectivity index (χ4v) is 1.91. The molecule has 0 bridgehead atoms. The van der Waals surface area contributed by atoms with Crippen molar-refractivity contribution in [2.75, 3.05) is 6.79 Å². The monoisotopic (exact) mass is 259 g/mol. The first-order valence-electron chi connectivity index (χ1n) is 4.18. The van der Waals surface area contributed by atoms with Gasteiger partial charge in [0.2, 0.25) is 6.79 Å². The lowest BCUT2D eigenvalue weighted by Gasteiger charge is -2.10. The predicted octanol–water partition coefficient (Wildman–Crippen LogP) is 1.97. The Morgan fingerprint density at radius 1 is 1.57 bits per heavy atom. The highest BCUT2D eigenvalue weighted by Crippen LogP contribution is 2.40. The van der Waals surface area contributed by atoms with Crippen LogP contribution in [0.4, 0.5) is 0 Å². The molecule has 76 valence electrons. The Morgan fingerprint density at radius 2 is 2.36 bits per heavy atom. The molecular formula is C9H10BrNO3. The fourth-order valence-electron chi connectivity index (χ4n) is 1.46. The number of halogens is 1. The van der Waals surface area contributed by atoms with E-state index >= 15 is 0 Å². The van der Waals surface area contributed by atoms with E-state index in [1.165, 1.54) is 0 Å². The molecule has 2 rings (SSSR count). The summed E-state index contributed by atoms with van der Waals surface area (Å²) < 4.78 is 11.5. The van der Waals surface area contributed by atoms with Gasteiger partial charge in [0.1, 0.15) is 0 Å². The molecule has 0 fully saturated rings. The van der Waals surface area contributed by atoms with Crippen molar-refractivity contribution in [3.63, 3.8) is 0 Å². The zero-order valence-corrected chi connectivity index (χ0v) is 9.22. The van der Waals surface area contributed by atoms with Crippen LogP contribution >= 0.6 is 15.9 Å². The van der Waals surface area contributed by atoms with Crippen molar-refractivity contribution in [2.45, 2.75) is 13.5 Å². The summed E-state index contributed by atoms with van der Waals surface area (Å²) in [5, 5.41) is 8.70. The highest BCUT2D eigenvalue weighted by Gasteiger charge is 2.21. The van der Waals surface area contributed by atoms with E-state index in [1.807, 2.05) is 13.0 Å². The number of hydrogen-bond acceptors (Lipinski definition) is 4. The van der Waals surface area contributed by atoms with E-state index < -0.39 is 0 Å². The molecule has 1 aromatic rings. The molecule has 0 atom stereocenters. The third kappa shape index (κ3) is 1.47. The average molecular weight is 260 g/mol. The number of hydroxylamine groups is 1. The maximum Gasteiger partial charge on any atom is 0.231 e. The van der Waals surface area contributed by atoms with E-state index in [9.17, 15) is 0 Å². The van der Waals surface area contributed by atoms with Crippen LogP contribution in [0.25, 0.3) is 0 Å². The highest BCUT2D eigenvalue weighted by atomic mass is 79.9. The maximum absolute atomic E-state index is 8.70. The van der Waals surface area contributed by atoms with Crippen LogP contribution in [0.2, 0.25) is 0 Å². The molecule has 0 aliphatic carbocycles. The third-order valence-corrected chi connectivity index (χ3v) is 3.06. The van der Waals surface area contributed by atoms with Crippen molar-refractivity contribution < 1.29 is 14.7 Å². The zero-order valence-electron chi connectivity index (χ0n) is 7.63. The Labute approximate surface area is 89.9 Å². The smallest absolute Gasteiger partial charge is 0.231 e. The largest absolute Gasteiger partial charge is 0.454 e. The molecule has 0 unspecified atom stereocenters. The van der Waals surface area contributed by atoms with Crippen molar-refractivity contribution in [3.05, 3.63) is 21.7 Å². The summed E-state index contributed by atoms with van der Waals surface area (Å²) in [5.41, 5.74) is 4.07. The first-order chi connectivity index (χ1) is 6.74. The summed E-state index contributed by atoms with van der Waals surface area (Å²) in [4.78, 5) is 0. The van der Waals surface area contributed by atoms with Gasteiger partial charge in [-0.25, -0.2) is 5.48 Å². The molecule has 0 saturated heterocycles. The van der Waals surface area contributed by atoms with Crippen molar-refractivity contribution >= 4 is 15.9 Å². The first kappa shape index (κ1) is 9.76. The SMILES string of the molecule is Cc1c(Br)cc2c(c1CNO)OCO2. The summed E-state index contributed by atoms with van der Waals surface area (Å²) in [5.74, 6) is 1.43. The number of nitrogens with one attached hydrogen (secondary N) is 1. The van der Waals surface area contributed by atoms with Gasteiger partial charge in [-0.15, -0.1) is 0 Å². The molecule has 0 saturated carbocycles. The second kappa shape index (κ2) is 3.76. The Hall–Kier alpha value is -0.780. The molecule has 1 aromatic carbocycles. The molecule has 0 aromatic heterocycles. The van der Waals surface area contributed by atoms with E-state index in [0.717, 1.165) is 15.6 Å². The quantitative estimate of drug-likeness (QED) is 0.798. The van der Waals surface area contributed by atoms with Gasteiger partial charge in [0, 0.05) is 16.6 Å². The Balaban J connectivity index is 2.54. The van der Waals surface area contributed by atoms with Crippen LogP contribution in [0.3, 0.4) is 0 Å². The van der Waals surface area contributed by atoms with Crippen molar-refractivity contribution in [2.24, 2.45) is 0 Å². The number of benzene rings is 1. The minimum Gasteiger partial charge on any atom is -0.454 e. The van der Waals surface area contributed by atoms with Gasteiger partial charge in [0.25, 0.3) is 0 Å². The Morgan fingerprint density at radius 3 is 3.07 bits per heavy atom. The van der Waals surface area contributed by atoms with Crippen LogP contribution < -0.4 is 15.0 Å². The number of ether oxygens (including phenoxy) is 2.